The minimum atomic E-state index is 0.761. The van der Waals surface area contributed by atoms with Crippen molar-refractivity contribution < 1.29 is 4.74 Å². The molecule has 0 aliphatic rings. The Balaban J connectivity index is 2.29. The van der Waals surface area contributed by atoms with Crippen molar-refractivity contribution in [3.63, 3.8) is 0 Å². The summed E-state index contributed by atoms with van der Waals surface area (Å²) in [6, 6.07) is 8.22. The van der Waals surface area contributed by atoms with Gasteiger partial charge < -0.3 is 15.4 Å². The lowest BCUT2D eigenvalue weighted by Gasteiger charge is -2.11. The van der Waals surface area contributed by atoms with Crippen LogP contribution in [0.2, 0.25) is 0 Å². The number of hydrogen-bond acceptors (Lipinski definition) is 2. The molecule has 0 atom stereocenters. The monoisotopic (exact) mass is 313 g/mol. The molecule has 100 valence electrons. The van der Waals surface area contributed by atoms with E-state index in [0.717, 1.165) is 36.5 Å². The summed E-state index contributed by atoms with van der Waals surface area (Å²) in [6.07, 6.45) is 0.968. The Morgan fingerprint density at radius 1 is 1.28 bits per heavy atom. The van der Waals surface area contributed by atoms with Gasteiger partial charge in [0.05, 0.1) is 0 Å². The molecule has 0 radical (unpaired) electrons. The highest BCUT2D eigenvalue weighted by Gasteiger charge is 1.97. The number of guanidine groups is 1. The Morgan fingerprint density at radius 2 is 2.00 bits per heavy atom. The van der Waals surface area contributed by atoms with Crippen molar-refractivity contribution in [1.29, 1.82) is 0 Å². The normalized spacial score (nSPS) is 11.4. The minimum absolute atomic E-state index is 0.761. The molecule has 18 heavy (non-hydrogen) atoms. The van der Waals surface area contributed by atoms with Gasteiger partial charge in [0.25, 0.3) is 0 Å². The Kier molecular flexibility index (Phi) is 7.44. The zero-order chi connectivity index (χ0) is 13.2. The molecule has 1 aromatic carbocycles. The van der Waals surface area contributed by atoms with Crippen LogP contribution in [0, 0.1) is 0 Å². The summed E-state index contributed by atoms with van der Waals surface area (Å²) in [5.41, 5.74) is 1.22. The van der Waals surface area contributed by atoms with Crippen LogP contribution in [0.4, 0.5) is 0 Å². The Morgan fingerprint density at radius 3 is 2.61 bits per heavy atom. The number of nitrogens with zero attached hydrogens (tertiary/aromatic N) is 1. The van der Waals surface area contributed by atoms with E-state index in [0.29, 0.717) is 0 Å². The predicted molar refractivity (Wildman–Crippen MR) is 78.8 cm³/mol. The summed E-state index contributed by atoms with van der Waals surface area (Å²) < 4.78 is 6.08. The molecular formula is C13H20BrN3O. The number of aliphatic imine (C=N–C) groups is 1. The average molecular weight is 314 g/mol. The fraction of sp³-hybridized carbons (Fsp3) is 0.462. The molecule has 0 unspecified atom stereocenters. The van der Waals surface area contributed by atoms with Crippen molar-refractivity contribution >= 4 is 21.9 Å². The largest absolute Gasteiger partial charge is 0.385 e. The van der Waals surface area contributed by atoms with Gasteiger partial charge in [-0.2, -0.15) is 0 Å². The highest BCUT2D eigenvalue weighted by atomic mass is 79.9. The molecule has 0 aliphatic heterocycles. The van der Waals surface area contributed by atoms with Crippen LogP contribution in [0.15, 0.2) is 33.7 Å². The molecule has 0 saturated heterocycles. The van der Waals surface area contributed by atoms with E-state index in [-0.39, 0.29) is 0 Å². The van der Waals surface area contributed by atoms with E-state index in [1.165, 1.54) is 5.56 Å². The number of nitrogens with one attached hydrogen (secondary N) is 2. The average Bonchev–Trinajstić information content (AvgIpc) is 2.40. The van der Waals surface area contributed by atoms with Crippen molar-refractivity contribution in [3.8, 4) is 0 Å². The molecule has 0 fully saturated rings. The zero-order valence-electron chi connectivity index (χ0n) is 10.9. The van der Waals surface area contributed by atoms with Crippen molar-refractivity contribution in [1.82, 2.24) is 10.6 Å². The van der Waals surface area contributed by atoms with Gasteiger partial charge in [0, 0.05) is 38.3 Å². The van der Waals surface area contributed by atoms with E-state index in [1.807, 2.05) is 12.1 Å². The Labute approximate surface area is 117 Å². The van der Waals surface area contributed by atoms with Crippen LogP contribution in [0.25, 0.3) is 0 Å². The summed E-state index contributed by atoms with van der Waals surface area (Å²) in [4.78, 5) is 4.16. The maximum Gasteiger partial charge on any atom is 0.191 e. The van der Waals surface area contributed by atoms with Gasteiger partial charge in [0.15, 0.2) is 5.96 Å². The first-order chi connectivity index (χ1) is 8.76. The smallest absolute Gasteiger partial charge is 0.191 e. The quantitative estimate of drug-likeness (QED) is 0.480. The van der Waals surface area contributed by atoms with Gasteiger partial charge in [-0.05, 0) is 24.1 Å². The molecule has 0 amide bonds. The molecule has 5 heteroatoms. The van der Waals surface area contributed by atoms with Crippen LogP contribution in [-0.2, 0) is 11.3 Å². The van der Waals surface area contributed by atoms with Crippen LogP contribution in [0.1, 0.15) is 12.0 Å². The SMILES string of the molecule is CN=C(NCCCOC)NCc1ccc(Br)cc1. The molecule has 1 aromatic rings. The standard InChI is InChI=1S/C13H20BrN3O/c1-15-13(16-8-3-9-18-2)17-10-11-4-6-12(14)7-5-11/h4-7H,3,8-10H2,1-2H3,(H2,15,16,17). The topological polar surface area (TPSA) is 45.7 Å². The predicted octanol–water partition coefficient (Wildman–Crippen LogP) is 2.15. The first kappa shape index (κ1) is 15.0. The molecule has 0 aliphatic carbocycles. The molecule has 0 heterocycles. The van der Waals surface area contributed by atoms with Gasteiger partial charge in [-0.25, -0.2) is 0 Å². The van der Waals surface area contributed by atoms with Crippen LogP contribution in [0.3, 0.4) is 0 Å². The molecule has 1 rings (SSSR count). The lowest BCUT2D eigenvalue weighted by molar-refractivity contribution is 0.195. The molecular weight excluding hydrogens is 294 g/mol. The lowest BCUT2D eigenvalue weighted by Crippen LogP contribution is -2.37. The third kappa shape index (κ3) is 6.02. The van der Waals surface area contributed by atoms with Gasteiger partial charge in [0.1, 0.15) is 0 Å². The molecule has 2 N–H and O–H groups in total. The minimum Gasteiger partial charge on any atom is -0.385 e. The molecule has 0 aromatic heterocycles. The van der Waals surface area contributed by atoms with Gasteiger partial charge in [0.2, 0.25) is 0 Å². The van der Waals surface area contributed by atoms with E-state index in [1.54, 1.807) is 14.2 Å². The van der Waals surface area contributed by atoms with Gasteiger partial charge in [-0.15, -0.1) is 0 Å². The van der Waals surface area contributed by atoms with Crippen molar-refractivity contribution in [3.05, 3.63) is 34.3 Å². The van der Waals surface area contributed by atoms with Crippen LogP contribution < -0.4 is 10.6 Å². The van der Waals surface area contributed by atoms with Crippen molar-refractivity contribution in [2.75, 3.05) is 27.3 Å². The number of hydrogen-bond donors (Lipinski definition) is 2. The number of rotatable bonds is 6. The van der Waals surface area contributed by atoms with E-state index in [9.17, 15) is 0 Å². The van der Waals surface area contributed by atoms with E-state index in [2.05, 4.69) is 43.7 Å². The van der Waals surface area contributed by atoms with Crippen molar-refractivity contribution in [2.45, 2.75) is 13.0 Å². The van der Waals surface area contributed by atoms with E-state index >= 15 is 0 Å². The lowest BCUT2D eigenvalue weighted by atomic mass is 10.2. The first-order valence-corrected chi connectivity index (χ1v) is 6.73. The van der Waals surface area contributed by atoms with Crippen LogP contribution in [-0.4, -0.2) is 33.3 Å². The van der Waals surface area contributed by atoms with Gasteiger partial charge >= 0.3 is 0 Å². The summed E-state index contributed by atoms with van der Waals surface area (Å²) in [6.45, 7) is 2.38. The summed E-state index contributed by atoms with van der Waals surface area (Å²) in [5.74, 6) is 0.814. The molecule has 0 saturated carbocycles. The van der Waals surface area contributed by atoms with Gasteiger partial charge in [-0.1, -0.05) is 28.1 Å². The summed E-state index contributed by atoms with van der Waals surface area (Å²) >= 11 is 3.42. The first-order valence-electron chi connectivity index (χ1n) is 5.94. The second-order valence-corrected chi connectivity index (χ2v) is 4.74. The number of halogens is 1. The molecule has 0 bridgehead atoms. The fourth-order valence-electron chi connectivity index (χ4n) is 1.43. The van der Waals surface area contributed by atoms with Gasteiger partial charge in [-0.3, -0.25) is 4.99 Å². The highest BCUT2D eigenvalue weighted by Crippen LogP contribution is 2.09. The second kappa shape index (κ2) is 8.94. The fourth-order valence-corrected chi connectivity index (χ4v) is 1.70. The Hall–Kier alpha value is -1.07. The number of methoxy groups -OCH3 is 1. The second-order valence-electron chi connectivity index (χ2n) is 3.83. The maximum absolute atomic E-state index is 4.99. The van der Waals surface area contributed by atoms with Crippen molar-refractivity contribution in [2.24, 2.45) is 4.99 Å². The van der Waals surface area contributed by atoms with Crippen LogP contribution in [0.5, 0.6) is 0 Å². The maximum atomic E-state index is 4.99. The molecule has 4 nitrogen and oxygen atoms in total. The third-order valence-corrected chi connectivity index (χ3v) is 2.94. The number of ether oxygens (including phenoxy) is 1. The van der Waals surface area contributed by atoms with Crippen LogP contribution >= 0.6 is 15.9 Å². The summed E-state index contributed by atoms with van der Waals surface area (Å²) in [5, 5.41) is 6.50. The summed E-state index contributed by atoms with van der Waals surface area (Å²) in [7, 11) is 3.48. The highest BCUT2D eigenvalue weighted by molar-refractivity contribution is 9.10. The third-order valence-electron chi connectivity index (χ3n) is 2.41. The molecule has 0 spiro atoms. The van der Waals surface area contributed by atoms with E-state index in [4.69, 9.17) is 4.74 Å². The Bertz CT molecular complexity index is 365. The van der Waals surface area contributed by atoms with E-state index < -0.39 is 0 Å². The number of benzene rings is 1. The zero-order valence-corrected chi connectivity index (χ0v) is 12.5.